The van der Waals surface area contributed by atoms with Crippen LogP contribution in [0.2, 0.25) is 0 Å². The summed E-state index contributed by atoms with van der Waals surface area (Å²) >= 11 is 0. The van der Waals surface area contributed by atoms with Gasteiger partial charge in [0.15, 0.2) is 0 Å². The first-order valence-electron chi connectivity index (χ1n) is 6.73. The molecule has 0 spiro atoms. The van der Waals surface area contributed by atoms with Gasteiger partial charge in [-0.3, -0.25) is 14.7 Å². The number of nitrogens with zero attached hydrogens (tertiary/aromatic N) is 5. The van der Waals surface area contributed by atoms with E-state index < -0.39 is 17.9 Å². The molecule has 2 aromatic rings. The van der Waals surface area contributed by atoms with Crippen LogP contribution in [0, 0.1) is 0 Å². The van der Waals surface area contributed by atoms with Crippen molar-refractivity contribution in [3.8, 4) is 0 Å². The zero-order valence-corrected chi connectivity index (χ0v) is 11.8. The van der Waals surface area contributed by atoms with Gasteiger partial charge >= 0.3 is 6.18 Å². The van der Waals surface area contributed by atoms with Gasteiger partial charge in [0.1, 0.15) is 5.71 Å². The van der Waals surface area contributed by atoms with Gasteiger partial charge in [0.2, 0.25) is 0 Å². The van der Waals surface area contributed by atoms with Crippen molar-refractivity contribution in [3.05, 3.63) is 48.0 Å². The van der Waals surface area contributed by atoms with Crippen molar-refractivity contribution >= 4 is 5.71 Å². The SMILES string of the molecule is Cn1ccc(C2CC(C(F)(F)F)=NN2Cc2ccncc2)n1. The minimum Gasteiger partial charge on any atom is -0.283 e. The van der Waals surface area contributed by atoms with Crippen molar-refractivity contribution in [1.82, 2.24) is 19.8 Å². The topological polar surface area (TPSA) is 46.3 Å². The molecule has 0 aliphatic carbocycles. The van der Waals surface area contributed by atoms with Gasteiger partial charge < -0.3 is 0 Å². The van der Waals surface area contributed by atoms with Gasteiger partial charge in [0.25, 0.3) is 0 Å². The van der Waals surface area contributed by atoms with E-state index in [0.717, 1.165) is 5.56 Å². The average molecular weight is 309 g/mol. The van der Waals surface area contributed by atoms with Crippen LogP contribution in [0.4, 0.5) is 13.2 Å². The predicted molar refractivity (Wildman–Crippen MR) is 73.8 cm³/mol. The molecule has 0 fully saturated rings. The number of aryl methyl sites for hydroxylation is 1. The fourth-order valence-corrected chi connectivity index (χ4v) is 2.42. The van der Waals surface area contributed by atoms with E-state index in [1.54, 1.807) is 48.5 Å². The third kappa shape index (κ3) is 2.95. The van der Waals surface area contributed by atoms with Crippen LogP contribution >= 0.6 is 0 Å². The lowest BCUT2D eigenvalue weighted by atomic mass is 10.1. The Hall–Kier alpha value is -2.38. The molecule has 22 heavy (non-hydrogen) atoms. The first kappa shape index (κ1) is 14.6. The molecule has 0 amide bonds. The van der Waals surface area contributed by atoms with Crippen molar-refractivity contribution in [1.29, 1.82) is 0 Å². The molecule has 3 rings (SSSR count). The summed E-state index contributed by atoms with van der Waals surface area (Å²) in [5, 5.41) is 9.44. The predicted octanol–water partition coefficient (Wildman–Crippen LogP) is 2.68. The van der Waals surface area contributed by atoms with E-state index in [9.17, 15) is 13.2 Å². The monoisotopic (exact) mass is 309 g/mol. The number of hydrazone groups is 1. The highest BCUT2D eigenvalue weighted by molar-refractivity contribution is 5.91. The first-order chi connectivity index (χ1) is 10.4. The Balaban J connectivity index is 1.88. The summed E-state index contributed by atoms with van der Waals surface area (Å²) in [5.41, 5.74) is 0.667. The summed E-state index contributed by atoms with van der Waals surface area (Å²) < 4.78 is 40.5. The lowest BCUT2D eigenvalue weighted by molar-refractivity contribution is -0.0601. The van der Waals surface area contributed by atoms with Crippen LogP contribution in [0.25, 0.3) is 0 Å². The van der Waals surface area contributed by atoms with Crippen LogP contribution in [0.3, 0.4) is 0 Å². The number of pyridine rings is 1. The van der Waals surface area contributed by atoms with E-state index in [2.05, 4.69) is 15.2 Å². The molecule has 0 aromatic carbocycles. The molecule has 8 heteroatoms. The second kappa shape index (κ2) is 5.43. The second-order valence-corrected chi connectivity index (χ2v) is 5.13. The molecular formula is C14H14F3N5. The molecule has 0 saturated carbocycles. The molecule has 5 nitrogen and oxygen atoms in total. The van der Waals surface area contributed by atoms with Crippen molar-refractivity contribution in [2.24, 2.45) is 12.1 Å². The Morgan fingerprint density at radius 2 is 1.95 bits per heavy atom. The zero-order chi connectivity index (χ0) is 15.7. The summed E-state index contributed by atoms with van der Waals surface area (Å²) in [6, 6.07) is 4.73. The molecule has 0 saturated heterocycles. The van der Waals surface area contributed by atoms with E-state index in [1.165, 1.54) is 5.01 Å². The van der Waals surface area contributed by atoms with Crippen LogP contribution in [0.1, 0.15) is 23.7 Å². The summed E-state index contributed by atoms with van der Waals surface area (Å²) in [6.45, 7) is 0.281. The second-order valence-electron chi connectivity index (χ2n) is 5.13. The largest absolute Gasteiger partial charge is 0.431 e. The smallest absolute Gasteiger partial charge is 0.283 e. The highest BCUT2D eigenvalue weighted by Crippen LogP contribution is 2.36. The Kier molecular flexibility index (Phi) is 3.59. The van der Waals surface area contributed by atoms with E-state index in [-0.39, 0.29) is 13.0 Å². The molecule has 0 N–H and O–H groups in total. The van der Waals surface area contributed by atoms with Crippen molar-refractivity contribution in [2.45, 2.75) is 25.2 Å². The maximum atomic E-state index is 13.0. The number of halogens is 3. The summed E-state index contributed by atoms with van der Waals surface area (Å²) in [7, 11) is 1.73. The molecule has 0 radical (unpaired) electrons. The summed E-state index contributed by atoms with van der Waals surface area (Å²) in [5.74, 6) is 0. The van der Waals surface area contributed by atoms with Crippen LogP contribution < -0.4 is 0 Å². The number of aromatic nitrogens is 3. The van der Waals surface area contributed by atoms with Gasteiger partial charge in [0.05, 0.1) is 18.3 Å². The Morgan fingerprint density at radius 3 is 2.55 bits per heavy atom. The van der Waals surface area contributed by atoms with Gasteiger partial charge in [-0.2, -0.15) is 23.4 Å². The Labute approximate surface area is 125 Å². The summed E-state index contributed by atoms with van der Waals surface area (Å²) in [4.78, 5) is 3.90. The van der Waals surface area contributed by atoms with E-state index >= 15 is 0 Å². The summed E-state index contributed by atoms with van der Waals surface area (Å²) in [6.07, 6.45) is 0.322. The van der Waals surface area contributed by atoms with Crippen LogP contribution in [0.15, 0.2) is 41.9 Å². The number of hydrogen-bond donors (Lipinski definition) is 0. The van der Waals surface area contributed by atoms with Crippen molar-refractivity contribution < 1.29 is 13.2 Å². The molecule has 1 aliphatic rings. The van der Waals surface area contributed by atoms with E-state index in [4.69, 9.17) is 0 Å². The van der Waals surface area contributed by atoms with Gasteiger partial charge in [-0.1, -0.05) is 0 Å². The molecule has 116 valence electrons. The first-order valence-corrected chi connectivity index (χ1v) is 6.73. The molecule has 3 heterocycles. The normalized spacial score (nSPS) is 18.6. The van der Waals surface area contributed by atoms with Crippen LogP contribution in [-0.4, -0.2) is 31.7 Å². The van der Waals surface area contributed by atoms with Crippen molar-refractivity contribution in [2.75, 3.05) is 0 Å². The van der Waals surface area contributed by atoms with Gasteiger partial charge in [0, 0.05) is 32.1 Å². The minimum atomic E-state index is -4.42. The highest BCUT2D eigenvalue weighted by Gasteiger charge is 2.43. The molecule has 1 unspecified atom stereocenters. The third-order valence-electron chi connectivity index (χ3n) is 3.49. The molecule has 0 bridgehead atoms. The number of hydrogen-bond acceptors (Lipinski definition) is 4. The third-order valence-corrected chi connectivity index (χ3v) is 3.49. The fourth-order valence-electron chi connectivity index (χ4n) is 2.42. The molecule has 2 aromatic heterocycles. The number of rotatable bonds is 3. The Morgan fingerprint density at radius 1 is 1.23 bits per heavy atom. The average Bonchev–Trinajstić information content (AvgIpc) is 3.06. The minimum absolute atomic E-state index is 0.189. The maximum absolute atomic E-state index is 13.0. The highest BCUT2D eigenvalue weighted by atomic mass is 19.4. The fraction of sp³-hybridized carbons (Fsp3) is 0.357. The van der Waals surface area contributed by atoms with Crippen molar-refractivity contribution in [3.63, 3.8) is 0 Å². The van der Waals surface area contributed by atoms with Gasteiger partial charge in [-0.25, -0.2) is 0 Å². The standard InChI is InChI=1S/C14H14F3N5/c1-21-7-4-11(19-21)12-8-13(14(15,16)17)20-22(12)9-10-2-5-18-6-3-10/h2-7,12H,8-9H2,1H3. The van der Waals surface area contributed by atoms with E-state index in [0.29, 0.717) is 5.69 Å². The van der Waals surface area contributed by atoms with Crippen LogP contribution in [0.5, 0.6) is 0 Å². The molecule has 1 aliphatic heterocycles. The van der Waals surface area contributed by atoms with Gasteiger partial charge in [-0.15, -0.1) is 0 Å². The lowest BCUT2D eigenvalue weighted by Crippen LogP contribution is -2.21. The quantitative estimate of drug-likeness (QED) is 0.876. The lowest BCUT2D eigenvalue weighted by Gasteiger charge is -2.22. The zero-order valence-electron chi connectivity index (χ0n) is 11.8. The van der Waals surface area contributed by atoms with Gasteiger partial charge in [-0.05, 0) is 23.8 Å². The van der Waals surface area contributed by atoms with Crippen LogP contribution in [-0.2, 0) is 13.6 Å². The maximum Gasteiger partial charge on any atom is 0.431 e. The molecular weight excluding hydrogens is 295 g/mol. The van der Waals surface area contributed by atoms with E-state index in [1.807, 2.05) is 0 Å². The Bertz CT molecular complexity index is 677. The molecule has 1 atom stereocenters. The number of alkyl halides is 3.